The summed E-state index contributed by atoms with van der Waals surface area (Å²) in [5.41, 5.74) is 1.44. The van der Waals surface area contributed by atoms with Gasteiger partial charge in [-0.15, -0.1) is 0 Å². The van der Waals surface area contributed by atoms with E-state index in [9.17, 15) is 4.79 Å². The molecular formula is C13H20N2OS. The molecule has 0 saturated carbocycles. The number of hydrogen-bond acceptors (Lipinski definition) is 2. The van der Waals surface area contributed by atoms with Crippen molar-refractivity contribution >= 4 is 17.4 Å². The smallest absolute Gasteiger partial charge is 0.317 e. The minimum absolute atomic E-state index is 0.0868. The van der Waals surface area contributed by atoms with Gasteiger partial charge in [-0.1, -0.05) is 0 Å². The quantitative estimate of drug-likeness (QED) is 0.862. The first-order chi connectivity index (χ1) is 8.16. The van der Waals surface area contributed by atoms with Gasteiger partial charge in [-0.2, -0.15) is 11.3 Å². The maximum absolute atomic E-state index is 11.8. The van der Waals surface area contributed by atoms with Gasteiger partial charge in [0.15, 0.2) is 0 Å². The molecule has 1 aromatic heterocycles. The standard InChI is InChI=1S/C13H20N2OS/c1-10(2)14-13(16)15-6-3-11(4-7-15)12-5-8-17-9-12/h5,8-11H,3-4,6-7H2,1-2H3,(H,14,16). The van der Waals surface area contributed by atoms with Gasteiger partial charge in [0, 0.05) is 19.1 Å². The molecule has 4 heteroatoms. The molecule has 2 amide bonds. The molecule has 0 bridgehead atoms. The minimum Gasteiger partial charge on any atom is -0.336 e. The normalized spacial score (nSPS) is 17.5. The molecule has 94 valence electrons. The van der Waals surface area contributed by atoms with E-state index in [0.29, 0.717) is 5.92 Å². The van der Waals surface area contributed by atoms with Gasteiger partial charge in [-0.3, -0.25) is 0 Å². The highest BCUT2D eigenvalue weighted by Gasteiger charge is 2.23. The average molecular weight is 252 g/mol. The predicted octanol–water partition coefficient (Wildman–Crippen LogP) is 3.05. The maximum Gasteiger partial charge on any atom is 0.317 e. The van der Waals surface area contributed by atoms with Crippen LogP contribution in [0.25, 0.3) is 0 Å². The molecule has 0 aromatic carbocycles. The van der Waals surface area contributed by atoms with Crippen LogP contribution in [-0.2, 0) is 0 Å². The van der Waals surface area contributed by atoms with Gasteiger partial charge < -0.3 is 10.2 Å². The topological polar surface area (TPSA) is 32.3 Å². The second-order valence-corrected chi connectivity index (χ2v) is 5.70. The van der Waals surface area contributed by atoms with E-state index in [1.807, 2.05) is 18.7 Å². The van der Waals surface area contributed by atoms with Gasteiger partial charge in [0.2, 0.25) is 0 Å². The molecule has 1 saturated heterocycles. The lowest BCUT2D eigenvalue weighted by atomic mass is 9.91. The Morgan fingerprint density at radius 1 is 1.47 bits per heavy atom. The molecule has 0 unspecified atom stereocenters. The molecule has 2 rings (SSSR count). The van der Waals surface area contributed by atoms with E-state index in [4.69, 9.17) is 0 Å². The van der Waals surface area contributed by atoms with Gasteiger partial charge in [-0.25, -0.2) is 4.79 Å². The number of urea groups is 1. The summed E-state index contributed by atoms with van der Waals surface area (Å²) < 4.78 is 0. The second kappa shape index (κ2) is 5.54. The van der Waals surface area contributed by atoms with E-state index < -0.39 is 0 Å². The van der Waals surface area contributed by atoms with Gasteiger partial charge >= 0.3 is 6.03 Å². The molecule has 0 radical (unpaired) electrons. The Morgan fingerprint density at radius 2 is 2.18 bits per heavy atom. The van der Waals surface area contributed by atoms with E-state index in [1.165, 1.54) is 5.56 Å². The van der Waals surface area contributed by atoms with Crippen LogP contribution >= 0.6 is 11.3 Å². The molecule has 1 aromatic rings. The van der Waals surface area contributed by atoms with Gasteiger partial charge in [0.1, 0.15) is 0 Å². The summed E-state index contributed by atoms with van der Waals surface area (Å²) in [4.78, 5) is 13.8. The third kappa shape index (κ3) is 3.22. The fourth-order valence-corrected chi connectivity index (χ4v) is 3.00. The molecule has 1 aliphatic rings. The predicted molar refractivity (Wildman–Crippen MR) is 71.5 cm³/mol. The maximum atomic E-state index is 11.8. The van der Waals surface area contributed by atoms with Crippen LogP contribution in [0.4, 0.5) is 4.79 Å². The lowest BCUT2D eigenvalue weighted by molar-refractivity contribution is 0.179. The molecule has 0 aliphatic carbocycles. The van der Waals surface area contributed by atoms with Crippen molar-refractivity contribution < 1.29 is 4.79 Å². The van der Waals surface area contributed by atoms with Crippen LogP contribution < -0.4 is 5.32 Å². The van der Waals surface area contributed by atoms with E-state index in [0.717, 1.165) is 25.9 Å². The van der Waals surface area contributed by atoms with Crippen LogP contribution in [0, 0.1) is 0 Å². The number of rotatable bonds is 2. The Kier molecular flexibility index (Phi) is 4.05. The largest absolute Gasteiger partial charge is 0.336 e. The SMILES string of the molecule is CC(C)NC(=O)N1CCC(c2ccsc2)CC1. The highest BCUT2D eigenvalue weighted by atomic mass is 32.1. The number of carbonyl (C=O) groups is 1. The van der Waals surface area contributed by atoms with Crippen LogP contribution in [0.2, 0.25) is 0 Å². The van der Waals surface area contributed by atoms with Crippen LogP contribution in [0.15, 0.2) is 16.8 Å². The number of nitrogens with one attached hydrogen (secondary N) is 1. The van der Waals surface area contributed by atoms with Crippen molar-refractivity contribution in [2.24, 2.45) is 0 Å². The molecule has 0 atom stereocenters. The second-order valence-electron chi connectivity index (χ2n) is 4.92. The highest BCUT2D eigenvalue weighted by Crippen LogP contribution is 2.29. The molecule has 1 N–H and O–H groups in total. The van der Waals surface area contributed by atoms with Crippen molar-refractivity contribution in [1.29, 1.82) is 0 Å². The highest BCUT2D eigenvalue weighted by molar-refractivity contribution is 7.07. The Bertz CT molecular complexity index is 354. The summed E-state index contributed by atoms with van der Waals surface area (Å²) in [7, 11) is 0. The van der Waals surface area contributed by atoms with E-state index in [1.54, 1.807) is 11.3 Å². The van der Waals surface area contributed by atoms with Crippen molar-refractivity contribution in [3.05, 3.63) is 22.4 Å². The molecular weight excluding hydrogens is 232 g/mol. The van der Waals surface area contributed by atoms with Crippen LogP contribution in [0.1, 0.15) is 38.2 Å². The van der Waals surface area contributed by atoms with Gasteiger partial charge in [-0.05, 0) is 55.0 Å². The number of likely N-dealkylation sites (tertiary alicyclic amines) is 1. The Balaban J connectivity index is 1.84. The first-order valence-electron chi connectivity index (χ1n) is 6.24. The third-order valence-electron chi connectivity index (χ3n) is 3.21. The summed E-state index contributed by atoms with van der Waals surface area (Å²) in [5.74, 6) is 0.643. The number of nitrogens with zero attached hydrogens (tertiary/aromatic N) is 1. The van der Waals surface area contributed by atoms with Crippen LogP contribution in [0.5, 0.6) is 0 Å². The molecule has 0 spiro atoms. The molecule has 1 fully saturated rings. The lowest BCUT2D eigenvalue weighted by Gasteiger charge is -2.32. The zero-order valence-electron chi connectivity index (χ0n) is 10.5. The van der Waals surface area contributed by atoms with E-state index in [-0.39, 0.29) is 12.1 Å². The van der Waals surface area contributed by atoms with Crippen molar-refractivity contribution in [3.63, 3.8) is 0 Å². The molecule has 17 heavy (non-hydrogen) atoms. The van der Waals surface area contributed by atoms with E-state index >= 15 is 0 Å². The fraction of sp³-hybridized carbons (Fsp3) is 0.615. The first-order valence-corrected chi connectivity index (χ1v) is 7.18. The average Bonchev–Trinajstić information content (AvgIpc) is 2.82. The van der Waals surface area contributed by atoms with Gasteiger partial charge in [0.25, 0.3) is 0 Å². The first kappa shape index (κ1) is 12.4. The van der Waals surface area contributed by atoms with Gasteiger partial charge in [0.05, 0.1) is 0 Å². The number of thiophene rings is 1. The summed E-state index contributed by atoms with van der Waals surface area (Å²) in [6.45, 7) is 5.74. The van der Waals surface area contributed by atoms with Crippen molar-refractivity contribution in [1.82, 2.24) is 10.2 Å². The minimum atomic E-state index is 0.0868. The Morgan fingerprint density at radius 3 is 2.71 bits per heavy atom. The lowest BCUT2D eigenvalue weighted by Crippen LogP contribution is -2.46. The van der Waals surface area contributed by atoms with Crippen LogP contribution in [-0.4, -0.2) is 30.1 Å². The van der Waals surface area contributed by atoms with Crippen LogP contribution in [0.3, 0.4) is 0 Å². The summed E-state index contributed by atoms with van der Waals surface area (Å²) >= 11 is 1.76. The number of carbonyl (C=O) groups excluding carboxylic acids is 1. The summed E-state index contributed by atoms with van der Waals surface area (Å²) in [5, 5.41) is 7.31. The Hall–Kier alpha value is -1.03. The Labute approximate surface area is 107 Å². The fourth-order valence-electron chi connectivity index (χ4n) is 2.26. The van der Waals surface area contributed by atoms with E-state index in [2.05, 4.69) is 22.1 Å². The number of hydrogen-bond donors (Lipinski definition) is 1. The molecule has 1 aliphatic heterocycles. The third-order valence-corrected chi connectivity index (χ3v) is 3.91. The van der Waals surface area contributed by atoms with Crippen molar-refractivity contribution in [2.75, 3.05) is 13.1 Å². The zero-order chi connectivity index (χ0) is 12.3. The molecule has 2 heterocycles. The van der Waals surface area contributed by atoms with Crippen molar-refractivity contribution in [3.8, 4) is 0 Å². The summed E-state index contributed by atoms with van der Waals surface area (Å²) in [6.07, 6.45) is 2.17. The summed E-state index contributed by atoms with van der Waals surface area (Å²) in [6, 6.07) is 2.51. The number of piperidine rings is 1. The van der Waals surface area contributed by atoms with Crippen molar-refractivity contribution in [2.45, 2.75) is 38.6 Å². The molecule has 3 nitrogen and oxygen atoms in total. The number of amides is 2. The monoisotopic (exact) mass is 252 g/mol. The zero-order valence-corrected chi connectivity index (χ0v) is 11.3.